The second kappa shape index (κ2) is 6.40. The summed E-state index contributed by atoms with van der Waals surface area (Å²) in [4.78, 5) is 12.5. The van der Waals surface area contributed by atoms with Gasteiger partial charge < -0.3 is 25.2 Å². The van der Waals surface area contributed by atoms with Crippen LogP contribution < -0.4 is 15.0 Å². The van der Waals surface area contributed by atoms with Crippen molar-refractivity contribution in [1.29, 1.82) is 0 Å². The van der Waals surface area contributed by atoms with E-state index in [1.54, 1.807) is 6.07 Å². The normalized spacial score (nSPS) is 13.6. The second-order valence-electron chi connectivity index (χ2n) is 4.30. The van der Waals surface area contributed by atoms with Crippen LogP contribution in [0.1, 0.15) is 0 Å². The summed E-state index contributed by atoms with van der Waals surface area (Å²) in [5, 5.41) is 31.8. The summed E-state index contributed by atoms with van der Waals surface area (Å²) in [6.07, 6.45) is 0. The highest BCUT2D eigenvalue weighted by molar-refractivity contribution is 5.75. The molecule has 110 valence electrons. The second-order valence-corrected chi connectivity index (χ2v) is 4.30. The number of nitrogens with zero attached hydrogens (tertiary/aromatic N) is 2. The standard InChI is InChI=1S/C12H17N3O5/c16-4-1-13-9-7-12-11(8-10(9)15(18)19)14(2-5-17)3-6-20-12/h7-8,13,16-17H,1-6H2. The van der Waals surface area contributed by atoms with Crippen LogP contribution in [0.5, 0.6) is 5.75 Å². The zero-order valence-electron chi connectivity index (χ0n) is 10.9. The third-order valence-corrected chi connectivity index (χ3v) is 3.03. The van der Waals surface area contributed by atoms with E-state index in [2.05, 4.69) is 5.32 Å². The average Bonchev–Trinajstić information content (AvgIpc) is 2.44. The summed E-state index contributed by atoms with van der Waals surface area (Å²) in [7, 11) is 0. The van der Waals surface area contributed by atoms with Gasteiger partial charge in [0.1, 0.15) is 18.0 Å². The van der Waals surface area contributed by atoms with Crippen LogP contribution in [-0.2, 0) is 0 Å². The number of nitro groups is 1. The number of β-amino-alcohol motifs (C(OH)–C–C–N with tert-alkyl or cyclic N) is 1. The van der Waals surface area contributed by atoms with Crippen molar-refractivity contribution in [2.45, 2.75) is 0 Å². The SMILES string of the molecule is O=[N+]([O-])c1cc2c(cc1NCCO)OCCN2CCO. The first-order valence-corrected chi connectivity index (χ1v) is 6.33. The van der Waals surface area contributed by atoms with Gasteiger partial charge >= 0.3 is 0 Å². The molecule has 0 aliphatic carbocycles. The lowest BCUT2D eigenvalue weighted by molar-refractivity contribution is -0.383. The molecule has 0 amide bonds. The fourth-order valence-corrected chi connectivity index (χ4v) is 2.14. The predicted molar refractivity (Wildman–Crippen MR) is 73.5 cm³/mol. The molecule has 0 atom stereocenters. The summed E-state index contributed by atoms with van der Waals surface area (Å²) in [6, 6.07) is 3.00. The molecule has 0 fully saturated rings. The highest BCUT2D eigenvalue weighted by Crippen LogP contribution is 2.39. The number of nitrogens with one attached hydrogen (secondary N) is 1. The van der Waals surface area contributed by atoms with Crippen LogP contribution >= 0.6 is 0 Å². The lowest BCUT2D eigenvalue weighted by Gasteiger charge is -2.30. The van der Waals surface area contributed by atoms with Gasteiger partial charge in [-0.2, -0.15) is 0 Å². The van der Waals surface area contributed by atoms with Crippen molar-refractivity contribution in [1.82, 2.24) is 0 Å². The minimum atomic E-state index is -0.480. The van der Waals surface area contributed by atoms with Gasteiger partial charge in [-0.05, 0) is 0 Å². The van der Waals surface area contributed by atoms with Gasteiger partial charge in [-0.1, -0.05) is 0 Å². The minimum absolute atomic E-state index is 0.0300. The maximum atomic E-state index is 11.1. The number of aliphatic hydroxyl groups excluding tert-OH is 2. The van der Waals surface area contributed by atoms with Crippen LogP contribution in [0, 0.1) is 10.1 Å². The Morgan fingerprint density at radius 1 is 1.40 bits per heavy atom. The Labute approximate surface area is 115 Å². The summed E-state index contributed by atoms with van der Waals surface area (Å²) >= 11 is 0. The lowest BCUT2D eigenvalue weighted by Crippen LogP contribution is -2.35. The molecule has 1 aromatic rings. The molecular formula is C12H17N3O5. The van der Waals surface area contributed by atoms with Gasteiger partial charge in [0.25, 0.3) is 5.69 Å². The number of hydrogen-bond acceptors (Lipinski definition) is 7. The van der Waals surface area contributed by atoms with Crippen LogP contribution in [-0.4, -0.2) is 54.6 Å². The van der Waals surface area contributed by atoms with Crippen molar-refractivity contribution in [3.63, 3.8) is 0 Å². The Morgan fingerprint density at radius 2 is 2.20 bits per heavy atom. The van der Waals surface area contributed by atoms with Gasteiger partial charge in [0.15, 0.2) is 0 Å². The van der Waals surface area contributed by atoms with Gasteiger partial charge in [0, 0.05) is 25.2 Å². The fraction of sp³-hybridized carbons (Fsp3) is 0.500. The summed E-state index contributed by atoms with van der Waals surface area (Å²) in [5.74, 6) is 0.538. The van der Waals surface area contributed by atoms with Crippen molar-refractivity contribution in [3.05, 3.63) is 22.2 Å². The molecule has 1 aliphatic heterocycles. The van der Waals surface area contributed by atoms with Crippen LogP contribution in [0.4, 0.5) is 17.1 Å². The molecule has 1 aromatic carbocycles. The molecule has 1 heterocycles. The van der Waals surface area contributed by atoms with Gasteiger partial charge in [0.05, 0.1) is 30.4 Å². The highest BCUT2D eigenvalue weighted by Gasteiger charge is 2.24. The Hall–Kier alpha value is -2.06. The van der Waals surface area contributed by atoms with E-state index in [4.69, 9.17) is 14.9 Å². The van der Waals surface area contributed by atoms with Crippen LogP contribution in [0.15, 0.2) is 12.1 Å². The molecule has 0 saturated heterocycles. The third kappa shape index (κ3) is 2.91. The van der Waals surface area contributed by atoms with E-state index in [0.717, 1.165) is 0 Å². The number of anilines is 2. The molecule has 8 nitrogen and oxygen atoms in total. The summed E-state index contributed by atoms with van der Waals surface area (Å²) in [5.41, 5.74) is 0.839. The predicted octanol–water partition coefficient (Wildman–Crippen LogP) is 0.190. The molecule has 1 aliphatic rings. The van der Waals surface area contributed by atoms with E-state index in [9.17, 15) is 10.1 Å². The van der Waals surface area contributed by atoms with E-state index >= 15 is 0 Å². The van der Waals surface area contributed by atoms with Crippen molar-refractivity contribution < 1.29 is 19.9 Å². The minimum Gasteiger partial charge on any atom is -0.489 e. The maximum absolute atomic E-state index is 11.1. The summed E-state index contributed by atoms with van der Waals surface area (Å²) < 4.78 is 5.51. The average molecular weight is 283 g/mol. The van der Waals surface area contributed by atoms with E-state index in [0.29, 0.717) is 36.8 Å². The topological polar surface area (TPSA) is 108 Å². The lowest BCUT2D eigenvalue weighted by atomic mass is 10.1. The van der Waals surface area contributed by atoms with Gasteiger partial charge in [-0.15, -0.1) is 0 Å². The summed E-state index contributed by atoms with van der Waals surface area (Å²) in [6.45, 7) is 1.51. The number of ether oxygens (including phenoxy) is 1. The molecule has 0 unspecified atom stereocenters. The first kappa shape index (κ1) is 14.4. The Balaban J connectivity index is 2.39. The van der Waals surface area contributed by atoms with Gasteiger partial charge in [0.2, 0.25) is 0 Å². The molecule has 0 saturated carbocycles. The molecule has 0 radical (unpaired) electrons. The zero-order chi connectivity index (χ0) is 14.5. The molecule has 20 heavy (non-hydrogen) atoms. The first-order valence-electron chi connectivity index (χ1n) is 6.33. The van der Waals surface area contributed by atoms with Crippen molar-refractivity contribution in [2.24, 2.45) is 0 Å². The molecule has 3 N–H and O–H groups in total. The largest absolute Gasteiger partial charge is 0.489 e. The highest BCUT2D eigenvalue weighted by atomic mass is 16.6. The Morgan fingerprint density at radius 3 is 2.85 bits per heavy atom. The molecule has 8 heteroatoms. The molecule has 0 aromatic heterocycles. The van der Waals surface area contributed by atoms with Crippen molar-refractivity contribution in [3.8, 4) is 5.75 Å². The Bertz CT molecular complexity index is 494. The van der Waals surface area contributed by atoms with E-state index in [-0.39, 0.29) is 25.4 Å². The number of fused-ring (bicyclic) bond motifs is 1. The molecule has 0 spiro atoms. The third-order valence-electron chi connectivity index (χ3n) is 3.03. The first-order chi connectivity index (χ1) is 9.67. The monoisotopic (exact) mass is 283 g/mol. The number of hydrogen-bond donors (Lipinski definition) is 3. The number of benzene rings is 1. The van der Waals surface area contributed by atoms with Gasteiger partial charge in [-0.25, -0.2) is 0 Å². The molecular weight excluding hydrogens is 266 g/mol. The molecule has 2 rings (SSSR count). The van der Waals surface area contributed by atoms with Crippen LogP contribution in [0.3, 0.4) is 0 Å². The van der Waals surface area contributed by atoms with E-state index in [1.165, 1.54) is 6.07 Å². The smallest absolute Gasteiger partial charge is 0.294 e. The van der Waals surface area contributed by atoms with Crippen molar-refractivity contribution in [2.75, 3.05) is 49.7 Å². The quantitative estimate of drug-likeness (QED) is 0.505. The zero-order valence-corrected chi connectivity index (χ0v) is 10.9. The van der Waals surface area contributed by atoms with Crippen LogP contribution in [0.2, 0.25) is 0 Å². The fourth-order valence-electron chi connectivity index (χ4n) is 2.14. The Kier molecular flexibility index (Phi) is 4.59. The maximum Gasteiger partial charge on any atom is 0.294 e. The number of nitro benzene ring substituents is 1. The number of aliphatic hydroxyl groups is 2. The van der Waals surface area contributed by atoms with Crippen LogP contribution in [0.25, 0.3) is 0 Å². The van der Waals surface area contributed by atoms with Gasteiger partial charge in [-0.3, -0.25) is 10.1 Å². The number of rotatable bonds is 6. The van der Waals surface area contributed by atoms with Crippen molar-refractivity contribution >= 4 is 17.1 Å². The van der Waals surface area contributed by atoms with E-state index < -0.39 is 4.92 Å². The van der Waals surface area contributed by atoms with E-state index in [1.807, 2.05) is 4.90 Å². The molecule has 0 bridgehead atoms.